The van der Waals surface area contributed by atoms with Crippen molar-refractivity contribution in [2.24, 2.45) is 5.92 Å². The van der Waals surface area contributed by atoms with Crippen molar-refractivity contribution >= 4 is 21.6 Å². The highest BCUT2D eigenvalue weighted by atomic mass is 32.2. The minimum Gasteiger partial charge on any atom is -0.375 e. The van der Waals surface area contributed by atoms with Gasteiger partial charge in [-0.05, 0) is 37.0 Å². The number of amides is 1. The molecule has 0 bridgehead atoms. The zero-order valence-corrected chi connectivity index (χ0v) is 15.1. The van der Waals surface area contributed by atoms with Gasteiger partial charge in [0.1, 0.15) is 5.82 Å². The molecule has 2 rings (SSSR count). The van der Waals surface area contributed by atoms with E-state index in [9.17, 15) is 17.6 Å². The Labute approximate surface area is 142 Å². The van der Waals surface area contributed by atoms with E-state index in [0.29, 0.717) is 30.9 Å². The molecule has 134 valence electrons. The molecule has 0 aliphatic carbocycles. The molecule has 0 aromatic heterocycles. The molecule has 1 heterocycles. The monoisotopic (exact) mass is 357 g/mol. The van der Waals surface area contributed by atoms with Gasteiger partial charge in [-0.3, -0.25) is 4.79 Å². The molecule has 1 aliphatic heterocycles. The first-order chi connectivity index (χ1) is 11.2. The summed E-state index contributed by atoms with van der Waals surface area (Å²) in [6.07, 6.45) is 2.79. The molecule has 1 aromatic carbocycles. The molecule has 1 amide bonds. The van der Waals surface area contributed by atoms with Crippen molar-refractivity contribution in [1.82, 2.24) is 9.62 Å². The zero-order chi connectivity index (χ0) is 17.9. The number of anilines is 1. The summed E-state index contributed by atoms with van der Waals surface area (Å²) < 4.78 is 39.0. The van der Waals surface area contributed by atoms with E-state index in [4.69, 9.17) is 0 Å². The minimum absolute atomic E-state index is 0.0725. The van der Waals surface area contributed by atoms with Crippen LogP contribution in [-0.2, 0) is 10.0 Å². The van der Waals surface area contributed by atoms with Gasteiger partial charge in [0.05, 0.1) is 11.9 Å². The number of halogens is 1. The zero-order valence-electron chi connectivity index (χ0n) is 14.3. The van der Waals surface area contributed by atoms with Crippen molar-refractivity contribution in [1.29, 1.82) is 0 Å². The van der Waals surface area contributed by atoms with Crippen LogP contribution in [0.15, 0.2) is 18.2 Å². The van der Waals surface area contributed by atoms with Crippen molar-refractivity contribution in [3.8, 4) is 0 Å². The predicted octanol–water partition coefficient (Wildman–Crippen LogP) is 1.29. The quantitative estimate of drug-likeness (QED) is 0.862. The molecule has 24 heavy (non-hydrogen) atoms. The second-order valence-electron chi connectivity index (χ2n) is 6.44. The van der Waals surface area contributed by atoms with Gasteiger partial charge in [-0.25, -0.2) is 17.5 Å². The van der Waals surface area contributed by atoms with E-state index >= 15 is 0 Å². The van der Waals surface area contributed by atoms with E-state index in [1.807, 2.05) is 0 Å². The van der Waals surface area contributed by atoms with Crippen LogP contribution in [0.2, 0.25) is 0 Å². The Morgan fingerprint density at radius 2 is 2.12 bits per heavy atom. The van der Waals surface area contributed by atoms with Crippen LogP contribution in [0.5, 0.6) is 0 Å². The summed E-state index contributed by atoms with van der Waals surface area (Å²) in [5.74, 6) is -0.579. The average molecular weight is 357 g/mol. The van der Waals surface area contributed by atoms with Crippen molar-refractivity contribution in [3.63, 3.8) is 0 Å². The summed E-state index contributed by atoms with van der Waals surface area (Å²) >= 11 is 0. The fraction of sp³-hybridized carbons (Fsp3) is 0.562. The van der Waals surface area contributed by atoms with Gasteiger partial charge in [0.15, 0.2) is 0 Å². The first-order valence-electron chi connectivity index (χ1n) is 7.88. The standard InChI is InChI=1S/C16H24FN3O3S/c1-19(2)15-7-6-13(9-14(15)17)16(21)20-8-4-5-12(11-20)10-18-24(3,22)23/h6-7,9,12,18H,4-5,8,10-11H2,1-3H3. The predicted molar refractivity (Wildman–Crippen MR) is 92.2 cm³/mol. The lowest BCUT2D eigenvalue weighted by atomic mass is 9.97. The van der Waals surface area contributed by atoms with Gasteiger partial charge >= 0.3 is 0 Å². The fourth-order valence-electron chi connectivity index (χ4n) is 2.87. The third-order valence-electron chi connectivity index (χ3n) is 4.12. The first kappa shape index (κ1) is 18.7. The number of sulfonamides is 1. The summed E-state index contributed by atoms with van der Waals surface area (Å²) in [6, 6.07) is 4.48. The molecule has 1 saturated heterocycles. The molecule has 8 heteroatoms. The second kappa shape index (κ2) is 7.48. The lowest BCUT2D eigenvalue weighted by molar-refractivity contribution is 0.0676. The number of nitrogens with zero attached hydrogens (tertiary/aromatic N) is 2. The van der Waals surface area contributed by atoms with Crippen LogP contribution in [-0.4, -0.2) is 59.2 Å². The van der Waals surface area contributed by atoms with Crippen LogP contribution in [0, 0.1) is 11.7 Å². The molecule has 1 N–H and O–H groups in total. The number of hydrogen-bond donors (Lipinski definition) is 1. The van der Waals surface area contributed by atoms with Gasteiger partial charge in [0.2, 0.25) is 10.0 Å². The molecule has 6 nitrogen and oxygen atoms in total. The molecular weight excluding hydrogens is 333 g/mol. The fourth-order valence-corrected chi connectivity index (χ4v) is 3.41. The van der Waals surface area contributed by atoms with E-state index in [1.54, 1.807) is 36.0 Å². The van der Waals surface area contributed by atoms with Crippen molar-refractivity contribution in [2.45, 2.75) is 12.8 Å². The van der Waals surface area contributed by atoms with Gasteiger partial charge < -0.3 is 9.80 Å². The Morgan fingerprint density at radius 1 is 1.42 bits per heavy atom. The van der Waals surface area contributed by atoms with Gasteiger partial charge in [0.25, 0.3) is 5.91 Å². The van der Waals surface area contributed by atoms with Crippen molar-refractivity contribution in [2.75, 3.05) is 44.9 Å². The highest BCUT2D eigenvalue weighted by Crippen LogP contribution is 2.22. The third-order valence-corrected chi connectivity index (χ3v) is 4.81. The second-order valence-corrected chi connectivity index (χ2v) is 8.27. The van der Waals surface area contributed by atoms with Crippen LogP contribution in [0.4, 0.5) is 10.1 Å². The smallest absolute Gasteiger partial charge is 0.253 e. The largest absolute Gasteiger partial charge is 0.375 e. The highest BCUT2D eigenvalue weighted by Gasteiger charge is 2.25. The number of likely N-dealkylation sites (tertiary alicyclic amines) is 1. The topological polar surface area (TPSA) is 69.7 Å². The van der Waals surface area contributed by atoms with Crippen LogP contribution >= 0.6 is 0 Å². The number of rotatable bonds is 5. The lowest BCUT2D eigenvalue weighted by Gasteiger charge is -2.33. The molecule has 0 saturated carbocycles. The Kier molecular flexibility index (Phi) is 5.82. The molecule has 1 aromatic rings. The van der Waals surface area contributed by atoms with Gasteiger partial charge in [0, 0.05) is 39.3 Å². The van der Waals surface area contributed by atoms with Gasteiger partial charge in [-0.2, -0.15) is 0 Å². The van der Waals surface area contributed by atoms with Gasteiger partial charge in [-0.15, -0.1) is 0 Å². The van der Waals surface area contributed by atoms with Crippen molar-refractivity contribution in [3.05, 3.63) is 29.6 Å². The third kappa shape index (κ3) is 4.91. The van der Waals surface area contributed by atoms with Crippen LogP contribution in [0.1, 0.15) is 23.2 Å². The van der Waals surface area contributed by atoms with Crippen LogP contribution < -0.4 is 9.62 Å². The minimum atomic E-state index is -3.24. The summed E-state index contributed by atoms with van der Waals surface area (Å²) in [5.41, 5.74) is 0.746. The normalized spacial score (nSPS) is 18.5. The summed E-state index contributed by atoms with van der Waals surface area (Å²) in [5, 5.41) is 0. The number of hydrogen-bond acceptors (Lipinski definition) is 4. The number of carbonyl (C=O) groups is 1. The summed E-state index contributed by atoms with van der Waals surface area (Å²) in [4.78, 5) is 15.9. The number of nitrogens with one attached hydrogen (secondary N) is 1. The number of piperidine rings is 1. The van der Waals surface area contributed by atoms with Crippen LogP contribution in [0.25, 0.3) is 0 Å². The molecule has 0 spiro atoms. The number of benzene rings is 1. The van der Waals surface area contributed by atoms with E-state index in [-0.39, 0.29) is 11.8 Å². The molecular formula is C16H24FN3O3S. The SMILES string of the molecule is CN(C)c1ccc(C(=O)N2CCCC(CNS(C)(=O)=O)C2)cc1F. The Bertz CT molecular complexity index is 707. The Balaban J connectivity index is 2.05. The van der Waals surface area contributed by atoms with Crippen molar-refractivity contribution < 1.29 is 17.6 Å². The summed E-state index contributed by atoms with van der Waals surface area (Å²) in [7, 11) is 0.240. The molecule has 0 radical (unpaired) electrons. The maximum absolute atomic E-state index is 14.1. The maximum atomic E-state index is 14.1. The Hall–Kier alpha value is -1.67. The highest BCUT2D eigenvalue weighted by molar-refractivity contribution is 7.88. The molecule has 1 unspecified atom stereocenters. The molecule has 1 fully saturated rings. The first-order valence-corrected chi connectivity index (χ1v) is 9.77. The van der Waals surface area contributed by atoms with E-state index in [0.717, 1.165) is 19.1 Å². The Morgan fingerprint density at radius 3 is 2.71 bits per heavy atom. The summed E-state index contributed by atoms with van der Waals surface area (Å²) in [6.45, 7) is 1.39. The number of carbonyl (C=O) groups excluding carboxylic acids is 1. The molecule has 1 atom stereocenters. The van der Waals surface area contributed by atoms with Gasteiger partial charge in [-0.1, -0.05) is 0 Å². The van der Waals surface area contributed by atoms with E-state index in [2.05, 4.69) is 4.72 Å². The van der Waals surface area contributed by atoms with Crippen LogP contribution in [0.3, 0.4) is 0 Å². The van der Waals surface area contributed by atoms with E-state index in [1.165, 1.54) is 6.07 Å². The molecule has 1 aliphatic rings. The van der Waals surface area contributed by atoms with E-state index < -0.39 is 15.8 Å². The average Bonchev–Trinajstić information content (AvgIpc) is 2.51. The maximum Gasteiger partial charge on any atom is 0.253 e. The lowest BCUT2D eigenvalue weighted by Crippen LogP contribution is -2.43.